The Morgan fingerprint density at radius 1 is 1.35 bits per heavy atom. The fourth-order valence-electron chi connectivity index (χ4n) is 2.83. The van der Waals surface area contributed by atoms with Crippen LogP contribution in [0.1, 0.15) is 39.5 Å². The first kappa shape index (κ1) is 17.3. The van der Waals surface area contributed by atoms with Gasteiger partial charge in [-0.1, -0.05) is 25.1 Å². The smallest absolute Gasteiger partial charge is 0.263 e. The second-order valence-corrected chi connectivity index (χ2v) is 6.01. The van der Waals surface area contributed by atoms with Gasteiger partial charge in [-0.05, 0) is 38.3 Å². The van der Waals surface area contributed by atoms with Crippen LogP contribution in [0.3, 0.4) is 0 Å². The van der Waals surface area contributed by atoms with Gasteiger partial charge in [0.25, 0.3) is 5.91 Å². The number of ether oxygens (including phenoxy) is 1. The first-order valence-electron chi connectivity index (χ1n) is 8.40. The first-order valence-corrected chi connectivity index (χ1v) is 8.40. The Hall–Kier alpha value is -2.04. The molecule has 1 fully saturated rings. The molecular formula is C18H26N2O3. The summed E-state index contributed by atoms with van der Waals surface area (Å²) in [6.45, 7) is 5.05. The zero-order valence-electron chi connectivity index (χ0n) is 14.0. The Morgan fingerprint density at radius 2 is 2.09 bits per heavy atom. The number of nitrogens with zero attached hydrogens (tertiary/aromatic N) is 1. The number of piperidine rings is 1. The second kappa shape index (κ2) is 8.56. The maximum Gasteiger partial charge on any atom is 0.263 e. The molecule has 1 aromatic rings. The maximum atomic E-state index is 12.5. The zero-order chi connectivity index (χ0) is 16.7. The molecule has 0 unspecified atom stereocenters. The van der Waals surface area contributed by atoms with Crippen LogP contribution in [0.25, 0.3) is 0 Å². The molecule has 0 aromatic heterocycles. The Labute approximate surface area is 138 Å². The molecule has 1 saturated heterocycles. The summed E-state index contributed by atoms with van der Waals surface area (Å²) < 4.78 is 5.71. The van der Waals surface area contributed by atoms with E-state index in [9.17, 15) is 9.59 Å². The highest BCUT2D eigenvalue weighted by Gasteiger charge is 2.28. The molecule has 5 nitrogen and oxygen atoms in total. The molecule has 0 bridgehead atoms. The predicted octanol–water partition coefficient (Wildman–Crippen LogP) is 2.36. The number of likely N-dealkylation sites (tertiary alicyclic amines) is 1. The number of amides is 2. The van der Waals surface area contributed by atoms with Gasteiger partial charge in [0.2, 0.25) is 5.91 Å². The quantitative estimate of drug-likeness (QED) is 0.876. The Morgan fingerprint density at radius 3 is 2.78 bits per heavy atom. The van der Waals surface area contributed by atoms with E-state index in [0.29, 0.717) is 18.7 Å². The van der Waals surface area contributed by atoms with Crippen molar-refractivity contribution in [2.45, 2.75) is 51.7 Å². The van der Waals surface area contributed by atoms with E-state index in [-0.39, 0.29) is 17.9 Å². The van der Waals surface area contributed by atoms with Gasteiger partial charge in [-0.15, -0.1) is 0 Å². The SMILES string of the molecule is CCCC(=O)N[C@H]1CCCN(C(=O)[C@H](C)Oc2ccccc2)C1. The highest BCUT2D eigenvalue weighted by Crippen LogP contribution is 2.15. The van der Waals surface area contributed by atoms with Gasteiger partial charge < -0.3 is 15.0 Å². The topological polar surface area (TPSA) is 58.6 Å². The molecule has 2 amide bonds. The number of para-hydroxylation sites is 1. The molecule has 126 valence electrons. The van der Waals surface area contributed by atoms with Crippen LogP contribution in [0, 0.1) is 0 Å². The van der Waals surface area contributed by atoms with Crippen LogP contribution in [0.5, 0.6) is 5.75 Å². The lowest BCUT2D eigenvalue weighted by atomic mass is 10.0. The van der Waals surface area contributed by atoms with E-state index in [2.05, 4.69) is 5.32 Å². The summed E-state index contributed by atoms with van der Waals surface area (Å²) in [7, 11) is 0. The molecule has 1 heterocycles. The van der Waals surface area contributed by atoms with Crippen LogP contribution in [-0.4, -0.2) is 41.9 Å². The van der Waals surface area contributed by atoms with E-state index in [0.717, 1.165) is 25.8 Å². The van der Waals surface area contributed by atoms with Gasteiger partial charge in [0.05, 0.1) is 0 Å². The summed E-state index contributed by atoms with van der Waals surface area (Å²) >= 11 is 0. The number of rotatable bonds is 6. The molecular weight excluding hydrogens is 292 g/mol. The molecule has 1 aliphatic rings. The van der Waals surface area contributed by atoms with E-state index in [1.165, 1.54) is 0 Å². The number of carbonyl (C=O) groups is 2. The molecule has 0 spiro atoms. The van der Waals surface area contributed by atoms with E-state index in [4.69, 9.17) is 4.74 Å². The van der Waals surface area contributed by atoms with Crippen molar-refractivity contribution in [2.24, 2.45) is 0 Å². The lowest BCUT2D eigenvalue weighted by molar-refractivity contribution is -0.140. The third kappa shape index (κ3) is 5.27. The molecule has 1 N–H and O–H groups in total. The van der Waals surface area contributed by atoms with Crippen LogP contribution >= 0.6 is 0 Å². The summed E-state index contributed by atoms with van der Waals surface area (Å²) in [6, 6.07) is 9.41. The number of nitrogens with one attached hydrogen (secondary N) is 1. The van der Waals surface area contributed by atoms with E-state index < -0.39 is 6.10 Å². The summed E-state index contributed by atoms with van der Waals surface area (Å²) in [5.74, 6) is 0.738. The molecule has 2 atom stereocenters. The Bertz CT molecular complexity index is 518. The Balaban J connectivity index is 1.87. The minimum atomic E-state index is -0.525. The lowest BCUT2D eigenvalue weighted by Gasteiger charge is -2.34. The third-order valence-electron chi connectivity index (χ3n) is 3.98. The van der Waals surface area contributed by atoms with E-state index >= 15 is 0 Å². The van der Waals surface area contributed by atoms with Crippen molar-refractivity contribution in [1.82, 2.24) is 10.2 Å². The van der Waals surface area contributed by atoms with Gasteiger partial charge in [-0.2, -0.15) is 0 Å². The minimum Gasteiger partial charge on any atom is -0.481 e. The standard InChI is InChI=1S/C18H26N2O3/c1-3-8-17(21)19-15-9-7-12-20(13-15)18(22)14(2)23-16-10-5-4-6-11-16/h4-6,10-11,14-15H,3,7-9,12-13H2,1-2H3,(H,19,21)/t14-,15-/m0/s1. The van der Waals surface area contributed by atoms with Gasteiger partial charge in [-0.25, -0.2) is 0 Å². The number of hydrogen-bond donors (Lipinski definition) is 1. The fraction of sp³-hybridized carbons (Fsp3) is 0.556. The third-order valence-corrected chi connectivity index (χ3v) is 3.98. The highest BCUT2D eigenvalue weighted by atomic mass is 16.5. The van der Waals surface area contributed by atoms with Crippen molar-refractivity contribution >= 4 is 11.8 Å². The van der Waals surface area contributed by atoms with Crippen molar-refractivity contribution in [3.8, 4) is 5.75 Å². The van der Waals surface area contributed by atoms with E-state index in [1.54, 1.807) is 11.8 Å². The van der Waals surface area contributed by atoms with Gasteiger partial charge in [-0.3, -0.25) is 9.59 Å². The lowest BCUT2D eigenvalue weighted by Crippen LogP contribution is -2.52. The average molecular weight is 318 g/mol. The summed E-state index contributed by atoms with van der Waals surface area (Å²) in [5.41, 5.74) is 0. The predicted molar refractivity (Wildman–Crippen MR) is 89.2 cm³/mol. The monoisotopic (exact) mass is 318 g/mol. The molecule has 23 heavy (non-hydrogen) atoms. The zero-order valence-corrected chi connectivity index (χ0v) is 14.0. The second-order valence-electron chi connectivity index (χ2n) is 6.01. The molecule has 0 aliphatic carbocycles. The van der Waals surface area contributed by atoms with Crippen molar-refractivity contribution in [2.75, 3.05) is 13.1 Å². The van der Waals surface area contributed by atoms with Crippen molar-refractivity contribution in [3.05, 3.63) is 30.3 Å². The summed E-state index contributed by atoms with van der Waals surface area (Å²) in [5, 5.41) is 3.02. The normalized spacial score (nSPS) is 19.0. The number of carbonyl (C=O) groups excluding carboxylic acids is 2. The molecule has 5 heteroatoms. The molecule has 2 rings (SSSR count). The minimum absolute atomic E-state index is 0.0247. The van der Waals surface area contributed by atoms with Gasteiger partial charge in [0, 0.05) is 25.6 Å². The van der Waals surface area contributed by atoms with Crippen LogP contribution in [0.2, 0.25) is 0 Å². The van der Waals surface area contributed by atoms with Gasteiger partial charge >= 0.3 is 0 Å². The van der Waals surface area contributed by atoms with Crippen LogP contribution in [-0.2, 0) is 9.59 Å². The Kier molecular flexibility index (Phi) is 6.44. The number of hydrogen-bond acceptors (Lipinski definition) is 3. The first-order chi connectivity index (χ1) is 11.1. The van der Waals surface area contributed by atoms with E-state index in [1.807, 2.05) is 37.3 Å². The van der Waals surface area contributed by atoms with Gasteiger partial charge in [0.15, 0.2) is 6.10 Å². The largest absolute Gasteiger partial charge is 0.481 e. The summed E-state index contributed by atoms with van der Waals surface area (Å²) in [6.07, 6.45) is 2.68. The highest BCUT2D eigenvalue weighted by molar-refractivity contribution is 5.81. The molecule has 1 aliphatic heterocycles. The van der Waals surface area contributed by atoms with Crippen molar-refractivity contribution < 1.29 is 14.3 Å². The average Bonchev–Trinajstić information content (AvgIpc) is 2.55. The molecule has 0 saturated carbocycles. The fourth-order valence-corrected chi connectivity index (χ4v) is 2.83. The van der Waals surface area contributed by atoms with Crippen LogP contribution in [0.15, 0.2) is 30.3 Å². The maximum absolute atomic E-state index is 12.5. The van der Waals surface area contributed by atoms with Crippen LogP contribution < -0.4 is 10.1 Å². The van der Waals surface area contributed by atoms with Gasteiger partial charge in [0.1, 0.15) is 5.75 Å². The molecule has 1 aromatic carbocycles. The van der Waals surface area contributed by atoms with Crippen LogP contribution in [0.4, 0.5) is 0 Å². The molecule has 0 radical (unpaired) electrons. The van der Waals surface area contributed by atoms with Crippen molar-refractivity contribution in [1.29, 1.82) is 0 Å². The number of benzene rings is 1. The summed E-state index contributed by atoms with van der Waals surface area (Å²) in [4.78, 5) is 26.1. The van der Waals surface area contributed by atoms with Crippen molar-refractivity contribution in [3.63, 3.8) is 0 Å².